The highest BCUT2D eigenvalue weighted by Crippen LogP contribution is 2.38. The molecule has 1 N–H and O–H groups in total. The molecule has 0 aromatic heterocycles. The molecule has 3 aromatic carbocycles. The monoisotopic (exact) mass is 604 g/mol. The molecule has 8 heteroatoms. The van der Waals surface area contributed by atoms with Gasteiger partial charge in [-0.3, -0.25) is 14.4 Å². The van der Waals surface area contributed by atoms with Crippen molar-refractivity contribution in [1.29, 1.82) is 5.26 Å². The van der Waals surface area contributed by atoms with Crippen molar-refractivity contribution in [2.24, 2.45) is 5.92 Å². The van der Waals surface area contributed by atoms with Crippen LogP contribution in [0.5, 0.6) is 5.75 Å². The number of amides is 3. The van der Waals surface area contributed by atoms with Crippen molar-refractivity contribution in [3.05, 3.63) is 101 Å². The minimum absolute atomic E-state index is 0.0793. The molecule has 6 rings (SSSR count). The maximum Gasteiger partial charge on any atom is 0.247 e. The summed E-state index contributed by atoms with van der Waals surface area (Å²) in [6.45, 7) is 0.764. The lowest BCUT2D eigenvalue weighted by Crippen LogP contribution is -2.67. The Hall–Kier alpha value is -4.64. The van der Waals surface area contributed by atoms with Gasteiger partial charge in [0, 0.05) is 19.5 Å². The normalized spacial score (nSPS) is 20.5. The first kappa shape index (κ1) is 30.4. The lowest BCUT2D eigenvalue weighted by molar-refractivity contribution is -0.169. The van der Waals surface area contributed by atoms with E-state index in [1.165, 1.54) is 6.42 Å². The third kappa shape index (κ3) is 6.44. The number of hydrogen-bond acceptors (Lipinski definition) is 5. The Morgan fingerprint density at radius 2 is 1.67 bits per heavy atom. The van der Waals surface area contributed by atoms with E-state index in [9.17, 15) is 19.6 Å². The van der Waals surface area contributed by atoms with Crippen molar-refractivity contribution in [2.75, 3.05) is 13.7 Å². The number of nitrogens with one attached hydrogen (secondary N) is 1. The summed E-state index contributed by atoms with van der Waals surface area (Å²) >= 11 is 0. The van der Waals surface area contributed by atoms with Gasteiger partial charge in [0.2, 0.25) is 17.7 Å². The number of fused-ring (bicyclic) bond motifs is 2. The number of rotatable bonds is 9. The second-order valence-electron chi connectivity index (χ2n) is 12.5. The van der Waals surface area contributed by atoms with Crippen LogP contribution in [0.3, 0.4) is 0 Å². The van der Waals surface area contributed by atoms with Crippen LogP contribution in [0.2, 0.25) is 0 Å². The largest absolute Gasteiger partial charge is 0.497 e. The third-order valence-corrected chi connectivity index (χ3v) is 9.73. The molecule has 0 spiro atoms. The molecule has 3 atom stereocenters. The molecular formula is C37H40N4O4. The predicted molar refractivity (Wildman–Crippen MR) is 170 cm³/mol. The Morgan fingerprint density at radius 1 is 0.956 bits per heavy atom. The van der Waals surface area contributed by atoms with Gasteiger partial charge in [0.05, 0.1) is 18.7 Å². The Labute approximate surface area is 265 Å². The van der Waals surface area contributed by atoms with Gasteiger partial charge < -0.3 is 19.9 Å². The molecule has 2 aliphatic heterocycles. The van der Waals surface area contributed by atoms with Crippen molar-refractivity contribution < 1.29 is 19.1 Å². The standard InChI is InChI=1S/C37H40N4O4/c1-45-31-17-13-25(14-18-31)19-20-39-35(42)34(28-15-11-27(23-38)12-16-28)41-33(21-26-7-3-2-4-8-26)36(43)40-24-30-10-6-5-9-29(30)22-32(40)37(41)44/h5-6,9-18,26,32-34H,2-4,7-8,19-22,24H2,1H3,(H,39,42). The molecule has 1 aliphatic carbocycles. The number of carbonyl (C=O) groups excluding carboxylic acids is 3. The molecular weight excluding hydrogens is 564 g/mol. The highest BCUT2D eigenvalue weighted by molar-refractivity contribution is 6.00. The number of ether oxygens (including phenoxy) is 1. The molecule has 3 amide bonds. The molecule has 232 valence electrons. The Morgan fingerprint density at radius 3 is 2.36 bits per heavy atom. The molecule has 1 saturated carbocycles. The van der Waals surface area contributed by atoms with Crippen molar-refractivity contribution in [2.45, 2.75) is 76.0 Å². The van der Waals surface area contributed by atoms with Crippen LogP contribution in [-0.2, 0) is 33.8 Å². The molecule has 2 heterocycles. The molecule has 1 saturated heterocycles. The Kier molecular flexibility index (Phi) is 9.16. The lowest BCUT2D eigenvalue weighted by atomic mass is 9.81. The van der Waals surface area contributed by atoms with Crippen molar-refractivity contribution in [1.82, 2.24) is 15.1 Å². The van der Waals surface area contributed by atoms with Crippen LogP contribution in [0.15, 0.2) is 72.8 Å². The zero-order valence-electron chi connectivity index (χ0n) is 25.8. The van der Waals surface area contributed by atoms with Gasteiger partial charge in [0.15, 0.2) is 0 Å². The van der Waals surface area contributed by atoms with Crippen molar-refractivity contribution in [3.8, 4) is 11.8 Å². The minimum atomic E-state index is -1.00. The summed E-state index contributed by atoms with van der Waals surface area (Å²) in [5.74, 6) is 0.485. The maximum atomic E-state index is 14.7. The fourth-order valence-corrected chi connectivity index (χ4v) is 7.27. The van der Waals surface area contributed by atoms with E-state index < -0.39 is 18.1 Å². The number of carbonyl (C=O) groups is 3. The zero-order valence-corrected chi connectivity index (χ0v) is 25.8. The number of nitriles is 1. The Bertz CT molecular complexity index is 1570. The summed E-state index contributed by atoms with van der Waals surface area (Å²) in [6, 6.07) is 22.2. The van der Waals surface area contributed by atoms with Crippen LogP contribution in [0.25, 0.3) is 0 Å². The van der Waals surface area contributed by atoms with Gasteiger partial charge in [-0.25, -0.2) is 0 Å². The molecule has 3 unspecified atom stereocenters. The molecule has 45 heavy (non-hydrogen) atoms. The summed E-state index contributed by atoms with van der Waals surface area (Å²) in [4.78, 5) is 46.7. The summed E-state index contributed by atoms with van der Waals surface area (Å²) in [5, 5.41) is 12.5. The van der Waals surface area contributed by atoms with Crippen molar-refractivity contribution in [3.63, 3.8) is 0 Å². The van der Waals surface area contributed by atoms with Crippen LogP contribution in [0.4, 0.5) is 0 Å². The van der Waals surface area contributed by atoms with Gasteiger partial charge >= 0.3 is 0 Å². The smallest absolute Gasteiger partial charge is 0.247 e. The zero-order chi connectivity index (χ0) is 31.3. The number of methoxy groups -OCH3 is 1. The lowest BCUT2D eigenvalue weighted by Gasteiger charge is -2.50. The van der Waals surface area contributed by atoms with Gasteiger partial charge in [-0.2, -0.15) is 5.26 Å². The second-order valence-corrected chi connectivity index (χ2v) is 12.5. The second kappa shape index (κ2) is 13.6. The summed E-state index contributed by atoms with van der Waals surface area (Å²) < 4.78 is 5.26. The van der Waals surface area contributed by atoms with Crippen LogP contribution in [0, 0.1) is 17.2 Å². The SMILES string of the molecule is COc1ccc(CCNC(=O)C(c2ccc(C#N)cc2)N2C(=O)C3Cc4ccccc4CN3C(=O)C2CC2CCCCC2)cc1. The third-order valence-electron chi connectivity index (χ3n) is 9.73. The first-order valence-corrected chi connectivity index (χ1v) is 16.1. The summed E-state index contributed by atoms with van der Waals surface area (Å²) in [7, 11) is 1.62. The van der Waals surface area contributed by atoms with Gasteiger partial charge in [-0.1, -0.05) is 80.6 Å². The fourth-order valence-electron chi connectivity index (χ4n) is 7.27. The fraction of sp³-hybridized carbons (Fsp3) is 0.405. The Balaban J connectivity index is 1.34. The van der Waals surface area contributed by atoms with Gasteiger partial charge in [-0.05, 0) is 65.3 Å². The van der Waals surface area contributed by atoms with Crippen LogP contribution in [0.1, 0.15) is 72.4 Å². The minimum Gasteiger partial charge on any atom is -0.497 e. The number of benzene rings is 3. The number of piperazine rings is 1. The summed E-state index contributed by atoms with van der Waals surface area (Å²) in [5.41, 5.74) is 4.23. The quantitative estimate of drug-likeness (QED) is 0.366. The van der Waals surface area contributed by atoms with E-state index >= 15 is 0 Å². The highest BCUT2D eigenvalue weighted by atomic mass is 16.5. The van der Waals surface area contributed by atoms with Crippen LogP contribution < -0.4 is 10.1 Å². The van der Waals surface area contributed by atoms with Gasteiger partial charge in [-0.15, -0.1) is 0 Å². The van der Waals surface area contributed by atoms with E-state index in [1.807, 2.05) is 48.5 Å². The predicted octanol–water partition coefficient (Wildman–Crippen LogP) is 5.10. The summed E-state index contributed by atoms with van der Waals surface area (Å²) in [6.07, 6.45) is 7.03. The molecule has 3 aliphatic rings. The molecule has 0 bridgehead atoms. The van der Waals surface area contributed by atoms with Gasteiger partial charge in [0.1, 0.15) is 23.9 Å². The number of hydrogen-bond donors (Lipinski definition) is 1. The highest BCUT2D eigenvalue weighted by Gasteiger charge is 2.51. The van der Waals surface area contributed by atoms with E-state index in [2.05, 4.69) is 11.4 Å². The molecule has 2 fully saturated rings. The first-order chi connectivity index (χ1) is 22.0. The van der Waals surface area contributed by atoms with Crippen LogP contribution in [-0.4, -0.2) is 53.3 Å². The number of nitrogens with zero attached hydrogens (tertiary/aromatic N) is 3. The van der Waals surface area contributed by atoms with E-state index in [0.717, 1.165) is 48.1 Å². The van der Waals surface area contributed by atoms with E-state index in [0.29, 0.717) is 49.4 Å². The average Bonchev–Trinajstić information content (AvgIpc) is 3.09. The molecule has 3 aromatic rings. The first-order valence-electron chi connectivity index (χ1n) is 16.1. The van der Waals surface area contributed by atoms with E-state index in [1.54, 1.807) is 41.2 Å². The molecule has 8 nitrogen and oxygen atoms in total. The molecule has 0 radical (unpaired) electrons. The topological polar surface area (TPSA) is 103 Å². The maximum absolute atomic E-state index is 14.7. The van der Waals surface area contributed by atoms with Gasteiger partial charge in [0.25, 0.3) is 0 Å². The van der Waals surface area contributed by atoms with Crippen molar-refractivity contribution >= 4 is 17.7 Å². The van der Waals surface area contributed by atoms with E-state index in [-0.39, 0.29) is 17.7 Å². The van der Waals surface area contributed by atoms with Crippen LogP contribution >= 0.6 is 0 Å². The van der Waals surface area contributed by atoms with E-state index in [4.69, 9.17) is 4.74 Å². The average molecular weight is 605 g/mol.